The molecule has 0 aliphatic rings. The van der Waals surface area contributed by atoms with Gasteiger partial charge in [0, 0.05) is 6.20 Å². The molecule has 0 unspecified atom stereocenters. The van der Waals surface area contributed by atoms with Gasteiger partial charge in [0.15, 0.2) is 5.82 Å². The molecular formula is C30H28N6O5S. The van der Waals surface area contributed by atoms with E-state index in [-0.39, 0.29) is 29.6 Å². The van der Waals surface area contributed by atoms with Gasteiger partial charge in [0.2, 0.25) is 0 Å². The molecule has 0 aliphatic carbocycles. The lowest BCUT2D eigenvalue weighted by atomic mass is 9.94. The van der Waals surface area contributed by atoms with Crippen LogP contribution in [0, 0.1) is 0 Å². The smallest absolute Gasteiger partial charge is 0.436 e. The number of ether oxygens (including phenoxy) is 1. The molecule has 5 rings (SSSR count). The minimum atomic E-state index is -0.750. The second-order valence-corrected chi connectivity index (χ2v) is 10.8. The summed E-state index contributed by atoms with van der Waals surface area (Å²) in [5.41, 5.74) is 1.04. The van der Waals surface area contributed by atoms with Gasteiger partial charge in [0.1, 0.15) is 10.5 Å². The number of para-hydroxylation sites is 1. The van der Waals surface area contributed by atoms with Crippen LogP contribution in [0.4, 0.5) is 16.3 Å². The Bertz CT molecular complexity index is 1770. The van der Waals surface area contributed by atoms with Crippen LogP contribution in [-0.4, -0.2) is 45.2 Å². The zero-order valence-corrected chi connectivity index (χ0v) is 23.9. The zero-order valence-electron chi connectivity index (χ0n) is 23.1. The highest BCUT2D eigenvalue weighted by molar-refractivity contribution is 7.20. The highest BCUT2D eigenvalue weighted by Crippen LogP contribution is 2.33. The fraction of sp³-hybridized carbons (Fsp3) is 0.167. The largest absolute Gasteiger partial charge is 0.448 e. The third-order valence-corrected chi connectivity index (χ3v) is 7.55. The van der Waals surface area contributed by atoms with Gasteiger partial charge in [-0.15, -0.1) is 16.4 Å². The summed E-state index contributed by atoms with van der Waals surface area (Å²) < 4.78 is 6.17. The number of fused-ring (bicyclic) bond motifs is 1. The van der Waals surface area contributed by atoms with Crippen LogP contribution in [0.3, 0.4) is 0 Å². The second-order valence-electron chi connectivity index (χ2n) is 9.77. The van der Waals surface area contributed by atoms with Gasteiger partial charge in [-0.25, -0.2) is 4.79 Å². The molecule has 2 aromatic carbocycles. The number of carbonyl (C=O) groups excluding carboxylic acids is 4. The summed E-state index contributed by atoms with van der Waals surface area (Å²) in [6, 6.07) is 20.9. The molecule has 0 aliphatic heterocycles. The van der Waals surface area contributed by atoms with Crippen LogP contribution in [0.25, 0.3) is 10.2 Å². The van der Waals surface area contributed by atoms with Gasteiger partial charge in [-0.2, -0.15) is 4.68 Å². The number of nitrogens with zero attached hydrogens (tertiary/aromatic N) is 2. The number of H-pyrrole nitrogens is 1. The normalized spacial score (nSPS) is 11.2. The molecule has 0 saturated heterocycles. The SMILES string of the molecule is CCOC(=O)n1nc(NC(=O)c2ccccc2NC(=O)c2ccc[nH]2)c2cc(C(=O)NC(C)(C)c3ccccc3)sc21. The van der Waals surface area contributed by atoms with E-state index in [2.05, 4.69) is 26.0 Å². The van der Waals surface area contributed by atoms with Crippen LogP contribution in [0.1, 0.15) is 56.9 Å². The molecular weight excluding hydrogens is 556 g/mol. The molecule has 11 nitrogen and oxygen atoms in total. The zero-order chi connectivity index (χ0) is 29.9. The fourth-order valence-corrected chi connectivity index (χ4v) is 5.32. The van der Waals surface area contributed by atoms with Crippen molar-refractivity contribution < 1.29 is 23.9 Å². The molecule has 0 saturated carbocycles. The van der Waals surface area contributed by atoms with E-state index in [4.69, 9.17) is 4.74 Å². The van der Waals surface area contributed by atoms with E-state index in [0.29, 0.717) is 20.8 Å². The van der Waals surface area contributed by atoms with E-state index in [1.165, 1.54) is 0 Å². The average Bonchev–Trinajstić information content (AvgIpc) is 3.72. The lowest BCUT2D eigenvalue weighted by Crippen LogP contribution is -2.40. The van der Waals surface area contributed by atoms with Gasteiger partial charge in [-0.1, -0.05) is 42.5 Å². The molecule has 4 N–H and O–H groups in total. The van der Waals surface area contributed by atoms with Crippen molar-refractivity contribution in [2.45, 2.75) is 26.3 Å². The van der Waals surface area contributed by atoms with Crippen molar-refractivity contribution in [1.82, 2.24) is 20.1 Å². The number of benzene rings is 2. The minimum absolute atomic E-state index is 0.0613. The Morgan fingerprint density at radius 3 is 2.38 bits per heavy atom. The molecule has 42 heavy (non-hydrogen) atoms. The topological polar surface area (TPSA) is 147 Å². The third-order valence-electron chi connectivity index (χ3n) is 6.44. The molecule has 214 valence electrons. The predicted octanol–water partition coefficient (Wildman–Crippen LogP) is 5.60. The van der Waals surface area contributed by atoms with Gasteiger partial charge in [-0.05, 0) is 56.7 Å². The number of hydrogen-bond donors (Lipinski definition) is 4. The Labute approximate surface area is 244 Å². The van der Waals surface area contributed by atoms with Crippen molar-refractivity contribution in [1.29, 1.82) is 0 Å². The molecule has 3 aromatic heterocycles. The van der Waals surface area contributed by atoms with Gasteiger partial charge < -0.3 is 25.7 Å². The quantitative estimate of drug-likeness (QED) is 0.187. The number of nitrogens with one attached hydrogen (secondary N) is 4. The monoisotopic (exact) mass is 584 g/mol. The number of rotatable bonds is 8. The molecule has 0 spiro atoms. The molecule has 3 heterocycles. The van der Waals surface area contributed by atoms with Gasteiger partial charge >= 0.3 is 6.09 Å². The van der Waals surface area contributed by atoms with Gasteiger partial charge in [0.25, 0.3) is 17.7 Å². The molecule has 3 amide bonds. The van der Waals surface area contributed by atoms with Crippen LogP contribution in [0.5, 0.6) is 0 Å². The molecule has 5 aromatic rings. The van der Waals surface area contributed by atoms with Crippen molar-refractivity contribution in [3.8, 4) is 0 Å². The first kappa shape index (κ1) is 28.3. The molecule has 0 atom stereocenters. The first-order valence-electron chi connectivity index (χ1n) is 13.1. The van der Waals surface area contributed by atoms with Crippen molar-refractivity contribution in [2.24, 2.45) is 0 Å². The number of aromatic amines is 1. The van der Waals surface area contributed by atoms with Crippen molar-refractivity contribution in [3.05, 3.63) is 101 Å². The maximum Gasteiger partial charge on any atom is 0.436 e. The molecule has 12 heteroatoms. The van der Waals surface area contributed by atoms with Crippen LogP contribution >= 0.6 is 11.3 Å². The van der Waals surface area contributed by atoms with Crippen LogP contribution in [-0.2, 0) is 10.3 Å². The Balaban J connectivity index is 1.45. The van der Waals surface area contributed by atoms with Crippen molar-refractivity contribution >= 4 is 56.9 Å². The van der Waals surface area contributed by atoms with Gasteiger partial charge in [0.05, 0.1) is 33.7 Å². The number of hydrogen-bond acceptors (Lipinski definition) is 7. The Hall–Kier alpha value is -5.23. The minimum Gasteiger partial charge on any atom is -0.448 e. The number of thiophene rings is 1. The van der Waals surface area contributed by atoms with E-state index >= 15 is 0 Å². The molecule has 0 fully saturated rings. The average molecular weight is 585 g/mol. The summed E-state index contributed by atoms with van der Waals surface area (Å²) in [5, 5.41) is 13.2. The fourth-order valence-electron chi connectivity index (χ4n) is 4.32. The Morgan fingerprint density at radius 2 is 1.67 bits per heavy atom. The van der Waals surface area contributed by atoms with Gasteiger partial charge in [-0.3, -0.25) is 14.4 Å². The van der Waals surface area contributed by atoms with E-state index in [1.807, 2.05) is 44.2 Å². The van der Waals surface area contributed by atoms with E-state index in [9.17, 15) is 19.2 Å². The lowest BCUT2D eigenvalue weighted by Gasteiger charge is -2.26. The maximum atomic E-state index is 13.4. The number of aromatic nitrogens is 3. The first-order valence-corrected chi connectivity index (χ1v) is 13.9. The Kier molecular flexibility index (Phi) is 7.89. The third kappa shape index (κ3) is 5.79. The van der Waals surface area contributed by atoms with Crippen LogP contribution in [0.2, 0.25) is 0 Å². The van der Waals surface area contributed by atoms with Crippen molar-refractivity contribution in [3.63, 3.8) is 0 Å². The number of carbonyl (C=O) groups is 4. The summed E-state index contributed by atoms with van der Waals surface area (Å²) >= 11 is 1.05. The highest BCUT2D eigenvalue weighted by Gasteiger charge is 2.27. The predicted molar refractivity (Wildman–Crippen MR) is 160 cm³/mol. The van der Waals surface area contributed by atoms with E-state index < -0.39 is 23.4 Å². The lowest BCUT2D eigenvalue weighted by molar-refractivity contribution is 0.0915. The molecule has 0 bridgehead atoms. The van der Waals surface area contributed by atoms with E-state index in [0.717, 1.165) is 21.6 Å². The van der Waals surface area contributed by atoms with E-state index in [1.54, 1.807) is 55.6 Å². The highest BCUT2D eigenvalue weighted by atomic mass is 32.1. The number of anilines is 2. The summed E-state index contributed by atoms with van der Waals surface area (Å²) in [5.74, 6) is -1.28. The Morgan fingerprint density at radius 1 is 0.929 bits per heavy atom. The first-order chi connectivity index (χ1) is 20.2. The van der Waals surface area contributed by atoms with Crippen molar-refractivity contribution in [2.75, 3.05) is 17.2 Å². The van der Waals surface area contributed by atoms with Crippen LogP contribution in [0.15, 0.2) is 79.0 Å². The van der Waals surface area contributed by atoms with Crippen LogP contribution < -0.4 is 16.0 Å². The standard InChI is InChI=1S/C30H28N6O5S/c1-4-41-29(40)36-28-20(17-23(42-28)27(39)34-30(2,3)18-11-6-5-7-12-18)24(35-36)33-25(37)19-13-8-9-14-21(19)32-26(38)22-15-10-16-31-22/h5-17,31H,4H2,1-3H3,(H,32,38)(H,34,39)(H,33,35,37). The summed E-state index contributed by atoms with van der Waals surface area (Å²) in [7, 11) is 0. The molecule has 0 radical (unpaired) electrons. The second kappa shape index (κ2) is 11.7. The summed E-state index contributed by atoms with van der Waals surface area (Å²) in [6.45, 7) is 5.57. The maximum absolute atomic E-state index is 13.4. The summed E-state index contributed by atoms with van der Waals surface area (Å²) in [4.78, 5) is 55.6. The summed E-state index contributed by atoms with van der Waals surface area (Å²) in [6.07, 6.45) is 0.872. The number of amides is 3.